The van der Waals surface area contributed by atoms with Crippen molar-refractivity contribution in [3.8, 4) is 0 Å². The minimum atomic E-state index is -4.31. The van der Waals surface area contributed by atoms with Gasteiger partial charge in [0.25, 0.3) is 10.0 Å². The molecule has 2 amide bonds. The average Bonchev–Trinajstić information content (AvgIpc) is 2.95. The molecule has 1 atom stereocenters. The Kier molecular flexibility index (Phi) is 11.3. The predicted molar refractivity (Wildman–Crippen MR) is 156 cm³/mol. The second-order valence-corrected chi connectivity index (χ2v) is 11.5. The molecule has 3 rings (SSSR count). The molecule has 9 heteroatoms. The number of para-hydroxylation sites is 1. The van der Waals surface area contributed by atoms with Crippen molar-refractivity contribution in [3.05, 3.63) is 95.8 Å². The third-order valence-corrected chi connectivity index (χ3v) is 8.48. The Morgan fingerprint density at radius 2 is 1.57 bits per heavy atom. The van der Waals surface area contributed by atoms with Gasteiger partial charge in [0.2, 0.25) is 11.8 Å². The van der Waals surface area contributed by atoms with Crippen molar-refractivity contribution in [2.45, 2.75) is 57.4 Å². The Labute approximate surface area is 237 Å². The smallest absolute Gasteiger partial charge is 0.264 e. The van der Waals surface area contributed by atoms with Crippen LogP contribution in [0.1, 0.15) is 44.2 Å². The lowest BCUT2D eigenvalue weighted by molar-refractivity contribution is -0.139. The minimum absolute atomic E-state index is 0.0608. The monoisotopic (exact) mass is 567 g/mol. The lowest BCUT2D eigenvalue weighted by atomic mass is 10.1. The molecule has 0 aliphatic heterocycles. The summed E-state index contributed by atoms with van der Waals surface area (Å²) >= 11 is 0. The van der Waals surface area contributed by atoms with E-state index < -0.39 is 34.3 Å². The molecular formula is C31H38FN3O4S. The Morgan fingerprint density at radius 1 is 0.925 bits per heavy atom. The van der Waals surface area contributed by atoms with Crippen LogP contribution in [-0.4, -0.2) is 50.8 Å². The first-order valence-electron chi connectivity index (χ1n) is 13.6. The first-order chi connectivity index (χ1) is 19.2. The van der Waals surface area contributed by atoms with Crippen molar-refractivity contribution in [3.63, 3.8) is 0 Å². The molecule has 3 aromatic rings. The summed E-state index contributed by atoms with van der Waals surface area (Å²) in [5.41, 5.74) is 1.60. The zero-order valence-corrected chi connectivity index (χ0v) is 24.2. The summed E-state index contributed by atoms with van der Waals surface area (Å²) in [6, 6.07) is 20.4. The van der Waals surface area contributed by atoms with Gasteiger partial charge in [-0.05, 0) is 56.0 Å². The fraction of sp³-hybridized carbons (Fsp3) is 0.355. The molecule has 40 heavy (non-hydrogen) atoms. The summed E-state index contributed by atoms with van der Waals surface area (Å²) in [5.74, 6) is -1.66. The van der Waals surface area contributed by atoms with E-state index in [1.54, 1.807) is 12.1 Å². The van der Waals surface area contributed by atoms with Crippen LogP contribution in [-0.2, 0) is 26.0 Å². The van der Waals surface area contributed by atoms with E-state index >= 15 is 4.39 Å². The molecule has 0 radical (unpaired) electrons. The number of hydrogen-bond acceptors (Lipinski definition) is 4. The highest BCUT2D eigenvalue weighted by Crippen LogP contribution is 2.27. The van der Waals surface area contributed by atoms with Crippen LogP contribution in [0, 0.1) is 12.7 Å². The molecule has 0 heterocycles. The highest BCUT2D eigenvalue weighted by molar-refractivity contribution is 7.92. The number of carbonyl (C=O) groups is 2. The zero-order chi connectivity index (χ0) is 29.1. The Balaban J connectivity index is 1.99. The molecule has 0 aliphatic carbocycles. The number of benzene rings is 3. The molecule has 0 fully saturated rings. The third kappa shape index (κ3) is 7.91. The van der Waals surface area contributed by atoms with Gasteiger partial charge in [0, 0.05) is 13.1 Å². The number of carbonyl (C=O) groups excluding carboxylic acids is 2. The van der Waals surface area contributed by atoms with Gasteiger partial charge in [-0.25, -0.2) is 12.8 Å². The number of hydrogen-bond donors (Lipinski definition) is 1. The van der Waals surface area contributed by atoms with Crippen LogP contribution < -0.4 is 9.62 Å². The molecule has 0 saturated carbocycles. The predicted octanol–water partition coefficient (Wildman–Crippen LogP) is 5.10. The van der Waals surface area contributed by atoms with Gasteiger partial charge in [-0.1, -0.05) is 80.4 Å². The third-order valence-electron chi connectivity index (χ3n) is 6.71. The molecule has 0 bridgehead atoms. The van der Waals surface area contributed by atoms with Gasteiger partial charge in [-0.15, -0.1) is 0 Å². The van der Waals surface area contributed by atoms with E-state index in [4.69, 9.17) is 0 Å². The highest BCUT2D eigenvalue weighted by Gasteiger charge is 2.34. The standard InChI is InChI=1S/C31H38FN3O4S/c1-4-6-21-33-31(37)28(5-2)34(22-20-25-12-8-7-9-13-25)30(36)23-35(29-15-11-10-14-27(29)32)40(38,39)26-18-16-24(3)17-19-26/h7-19,28H,4-6,20-23H2,1-3H3,(H,33,37). The summed E-state index contributed by atoms with van der Waals surface area (Å²) in [6.07, 6.45) is 2.51. The SMILES string of the molecule is CCCCNC(=O)C(CC)N(CCc1ccccc1)C(=O)CN(c1ccccc1F)S(=O)(=O)c1ccc(C)cc1. The van der Waals surface area contributed by atoms with Crippen LogP contribution in [0.15, 0.2) is 83.8 Å². The molecule has 0 aromatic heterocycles. The fourth-order valence-corrected chi connectivity index (χ4v) is 5.83. The van der Waals surface area contributed by atoms with Crippen molar-refractivity contribution in [1.82, 2.24) is 10.2 Å². The summed E-state index contributed by atoms with van der Waals surface area (Å²) in [4.78, 5) is 28.5. The Hall–Kier alpha value is -3.72. The summed E-state index contributed by atoms with van der Waals surface area (Å²) < 4.78 is 43.4. The van der Waals surface area contributed by atoms with Gasteiger partial charge < -0.3 is 10.2 Å². The molecule has 3 aromatic carbocycles. The summed E-state index contributed by atoms with van der Waals surface area (Å²) in [7, 11) is -4.31. The number of anilines is 1. The molecule has 1 N–H and O–H groups in total. The lowest BCUT2D eigenvalue weighted by Gasteiger charge is -2.33. The van der Waals surface area contributed by atoms with E-state index in [1.165, 1.54) is 35.2 Å². The van der Waals surface area contributed by atoms with Crippen molar-refractivity contribution in [2.24, 2.45) is 0 Å². The molecule has 0 aliphatic rings. The fourth-order valence-electron chi connectivity index (χ4n) is 4.41. The average molecular weight is 568 g/mol. The molecule has 0 saturated heterocycles. The van der Waals surface area contributed by atoms with Crippen molar-refractivity contribution in [1.29, 1.82) is 0 Å². The first-order valence-corrected chi connectivity index (χ1v) is 15.1. The summed E-state index contributed by atoms with van der Waals surface area (Å²) in [5, 5.41) is 2.90. The number of nitrogens with one attached hydrogen (secondary N) is 1. The van der Waals surface area contributed by atoms with Crippen LogP contribution >= 0.6 is 0 Å². The van der Waals surface area contributed by atoms with Crippen LogP contribution in [0.25, 0.3) is 0 Å². The number of aryl methyl sites for hydroxylation is 1. The largest absolute Gasteiger partial charge is 0.354 e. The van der Waals surface area contributed by atoms with E-state index in [2.05, 4.69) is 5.32 Å². The van der Waals surface area contributed by atoms with Gasteiger partial charge in [0.1, 0.15) is 18.4 Å². The van der Waals surface area contributed by atoms with E-state index in [0.717, 1.165) is 34.3 Å². The maximum Gasteiger partial charge on any atom is 0.264 e. The van der Waals surface area contributed by atoms with E-state index in [1.807, 2.05) is 51.1 Å². The van der Waals surface area contributed by atoms with Crippen LogP contribution in [0.3, 0.4) is 0 Å². The van der Waals surface area contributed by atoms with Crippen molar-refractivity contribution in [2.75, 3.05) is 23.9 Å². The van der Waals surface area contributed by atoms with Gasteiger partial charge in [-0.2, -0.15) is 0 Å². The number of unbranched alkanes of at least 4 members (excludes halogenated alkanes) is 1. The van der Waals surface area contributed by atoms with Gasteiger partial charge >= 0.3 is 0 Å². The van der Waals surface area contributed by atoms with Gasteiger partial charge in [-0.3, -0.25) is 13.9 Å². The number of amides is 2. The quantitative estimate of drug-likeness (QED) is 0.275. The number of sulfonamides is 1. The lowest BCUT2D eigenvalue weighted by Crippen LogP contribution is -2.53. The minimum Gasteiger partial charge on any atom is -0.354 e. The van der Waals surface area contributed by atoms with E-state index in [-0.39, 0.29) is 23.0 Å². The van der Waals surface area contributed by atoms with Crippen molar-refractivity contribution >= 4 is 27.5 Å². The Bertz CT molecular complexity index is 1360. The van der Waals surface area contributed by atoms with Gasteiger partial charge in [0.05, 0.1) is 10.6 Å². The molecule has 214 valence electrons. The number of nitrogens with zero attached hydrogens (tertiary/aromatic N) is 2. The van der Waals surface area contributed by atoms with E-state index in [9.17, 15) is 18.0 Å². The highest BCUT2D eigenvalue weighted by atomic mass is 32.2. The molecule has 7 nitrogen and oxygen atoms in total. The Morgan fingerprint density at radius 3 is 2.20 bits per heavy atom. The second kappa shape index (κ2) is 14.6. The molecule has 0 spiro atoms. The van der Waals surface area contributed by atoms with Gasteiger partial charge in [0.15, 0.2) is 0 Å². The van der Waals surface area contributed by atoms with Crippen LogP contribution in [0.2, 0.25) is 0 Å². The number of rotatable bonds is 14. The molecule has 1 unspecified atom stereocenters. The summed E-state index contributed by atoms with van der Waals surface area (Å²) in [6.45, 7) is 5.67. The van der Waals surface area contributed by atoms with E-state index in [0.29, 0.717) is 19.4 Å². The second-order valence-electron chi connectivity index (χ2n) is 9.67. The zero-order valence-electron chi connectivity index (χ0n) is 23.3. The van der Waals surface area contributed by atoms with Crippen molar-refractivity contribution < 1.29 is 22.4 Å². The maximum atomic E-state index is 15.0. The topological polar surface area (TPSA) is 86.8 Å². The first kappa shape index (κ1) is 30.8. The maximum absolute atomic E-state index is 15.0. The van der Waals surface area contributed by atoms with Crippen LogP contribution in [0.5, 0.6) is 0 Å². The number of halogens is 1. The normalized spacial score (nSPS) is 12.0. The van der Waals surface area contributed by atoms with Crippen LogP contribution in [0.4, 0.5) is 10.1 Å². The molecular weight excluding hydrogens is 529 g/mol.